The van der Waals surface area contributed by atoms with Crippen LogP contribution in [-0.2, 0) is 11.3 Å². The van der Waals surface area contributed by atoms with E-state index in [0.29, 0.717) is 11.3 Å². The minimum absolute atomic E-state index is 0.272. The molecule has 0 saturated heterocycles. The van der Waals surface area contributed by atoms with E-state index in [1.54, 1.807) is 24.3 Å². The highest BCUT2D eigenvalue weighted by Gasteiger charge is 2.07. The Kier molecular flexibility index (Phi) is 3.63. The quantitative estimate of drug-likeness (QED) is 0.664. The van der Waals surface area contributed by atoms with E-state index in [9.17, 15) is 4.79 Å². The second-order valence-electron chi connectivity index (χ2n) is 4.19. The van der Waals surface area contributed by atoms with E-state index in [1.807, 2.05) is 31.2 Å². The molecule has 2 N–H and O–H groups in total. The summed E-state index contributed by atoms with van der Waals surface area (Å²) in [6, 6.07) is 14.6. The van der Waals surface area contributed by atoms with Gasteiger partial charge in [-0.2, -0.15) is 0 Å². The summed E-state index contributed by atoms with van der Waals surface area (Å²) in [4.78, 5) is 11.8. The summed E-state index contributed by atoms with van der Waals surface area (Å²) in [5.41, 5.74) is 8.79. The van der Waals surface area contributed by atoms with Crippen LogP contribution in [0.15, 0.2) is 48.5 Å². The molecule has 0 radical (unpaired) electrons. The Bertz CT molecular complexity index is 547. The van der Waals surface area contributed by atoms with E-state index >= 15 is 0 Å². The van der Waals surface area contributed by atoms with Crippen LogP contribution in [0.4, 0.5) is 5.69 Å². The topological polar surface area (TPSA) is 52.3 Å². The maximum Gasteiger partial charge on any atom is 0.338 e. The summed E-state index contributed by atoms with van der Waals surface area (Å²) in [6.07, 6.45) is 0. The Morgan fingerprint density at radius 1 is 1.17 bits per heavy atom. The molecular formula is C15H15NO2. The molecule has 0 unspecified atom stereocenters. The van der Waals surface area contributed by atoms with Crippen molar-refractivity contribution in [2.45, 2.75) is 13.5 Å². The molecule has 0 atom stereocenters. The lowest BCUT2D eigenvalue weighted by Gasteiger charge is -2.05. The molecule has 0 aliphatic rings. The van der Waals surface area contributed by atoms with Crippen LogP contribution in [0.5, 0.6) is 0 Å². The van der Waals surface area contributed by atoms with Crippen molar-refractivity contribution in [3.8, 4) is 0 Å². The van der Waals surface area contributed by atoms with Crippen LogP contribution >= 0.6 is 0 Å². The number of nitrogen functional groups attached to an aromatic ring is 1. The van der Waals surface area contributed by atoms with E-state index in [-0.39, 0.29) is 12.6 Å². The Morgan fingerprint density at radius 2 is 1.89 bits per heavy atom. The number of hydrogen-bond acceptors (Lipinski definition) is 3. The third-order valence-corrected chi connectivity index (χ3v) is 2.61. The van der Waals surface area contributed by atoms with Gasteiger partial charge in [-0.1, -0.05) is 35.9 Å². The van der Waals surface area contributed by atoms with E-state index in [2.05, 4.69) is 0 Å². The van der Waals surface area contributed by atoms with Crippen molar-refractivity contribution in [3.05, 3.63) is 65.2 Å². The molecule has 2 aromatic rings. The first kappa shape index (κ1) is 12.2. The summed E-state index contributed by atoms with van der Waals surface area (Å²) in [5.74, 6) is -0.358. The lowest BCUT2D eigenvalue weighted by molar-refractivity contribution is 0.0473. The molecule has 0 heterocycles. The van der Waals surface area contributed by atoms with Gasteiger partial charge in [0.25, 0.3) is 0 Å². The minimum Gasteiger partial charge on any atom is -0.457 e. The highest BCUT2D eigenvalue weighted by atomic mass is 16.5. The number of nitrogens with two attached hydrogens (primary N) is 1. The molecule has 0 fully saturated rings. The van der Waals surface area contributed by atoms with Crippen molar-refractivity contribution < 1.29 is 9.53 Å². The molecule has 18 heavy (non-hydrogen) atoms. The monoisotopic (exact) mass is 241 g/mol. The Labute approximate surface area is 106 Å². The second-order valence-corrected chi connectivity index (χ2v) is 4.19. The van der Waals surface area contributed by atoms with Gasteiger partial charge in [0.05, 0.1) is 5.56 Å². The molecule has 0 aliphatic heterocycles. The van der Waals surface area contributed by atoms with Crippen molar-refractivity contribution in [2.75, 3.05) is 5.73 Å². The predicted octanol–water partition coefficient (Wildman–Crippen LogP) is 2.93. The standard InChI is InChI=1S/C15H15NO2/c1-11-5-7-12(8-6-11)10-18-15(17)13-3-2-4-14(16)9-13/h2-9H,10,16H2,1H3. The fraction of sp³-hybridized carbons (Fsp3) is 0.133. The van der Waals surface area contributed by atoms with Gasteiger partial charge in [-0.05, 0) is 30.7 Å². The molecule has 0 aliphatic carbocycles. The zero-order chi connectivity index (χ0) is 13.0. The molecule has 3 heteroatoms. The Balaban J connectivity index is 1.98. The van der Waals surface area contributed by atoms with Crippen LogP contribution in [0, 0.1) is 6.92 Å². The number of esters is 1. The summed E-state index contributed by atoms with van der Waals surface area (Å²) < 4.78 is 5.21. The maximum atomic E-state index is 11.8. The molecule has 0 spiro atoms. The maximum absolute atomic E-state index is 11.8. The first-order valence-electron chi connectivity index (χ1n) is 5.73. The molecule has 3 nitrogen and oxygen atoms in total. The lowest BCUT2D eigenvalue weighted by atomic mass is 10.2. The van der Waals surface area contributed by atoms with Crippen molar-refractivity contribution >= 4 is 11.7 Å². The molecule has 0 aromatic heterocycles. The molecule has 92 valence electrons. The minimum atomic E-state index is -0.358. The van der Waals surface area contributed by atoms with Crippen LogP contribution in [0.3, 0.4) is 0 Å². The van der Waals surface area contributed by atoms with Gasteiger partial charge in [-0.15, -0.1) is 0 Å². The number of anilines is 1. The SMILES string of the molecule is Cc1ccc(COC(=O)c2cccc(N)c2)cc1. The van der Waals surface area contributed by atoms with Gasteiger partial charge in [0.15, 0.2) is 0 Å². The zero-order valence-corrected chi connectivity index (χ0v) is 10.2. The van der Waals surface area contributed by atoms with E-state index < -0.39 is 0 Å². The number of aryl methyl sites for hydroxylation is 1. The first-order chi connectivity index (χ1) is 8.65. The molecular weight excluding hydrogens is 226 g/mol. The molecule has 2 aromatic carbocycles. The van der Waals surface area contributed by atoms with Crippen LogP contribution in [0.25, 0.3) is 0 Å². The predicted molar refractivity (Wildman–Crippen MR) is 71.2 cm³/mol. The van der Waals surface area contributed by atoms with Gasteiger partial charge in [0.2, 0.25) is 0 Å². The van der Waals surface area contributed by atoms with Crippen molar-refractivity contribution in [1.29, 1.82) is 0 Å². The van der Waals surface area contributed by atoms with E-state index in [4.69, 9.17) is 10.5 Å². The molecule has 0 saturated carbocycles. The van der Waals surface area contributed by atoms with Gasteiger partial charge in [-0.25, -0.2) is 4.79 Å². The van der Waals surface area contributed by atoms with Crippen LogP contribution < -0.4 is 5.73 Å². The van der Waals surface area contributed by atoms with Gasteiger partial charge < -0.3 is 10.5 Å². The van der Waals surface area contributed by atoms with Crippen molar-refractivity contribution in [3.63, 3.8) is 0 Å². The first-order valence-corrected chi connectivity index (χ1v) is 5.73. The summed E-state index contributed by atoms with van der Waals surface area (Å²) in [7, 11) is 0. The number of benzene rings is 2. The van der Waals surface area contributed by atoms with Crippen LogP contribution in [0.1, 0.15) is 21.5 Å². The number of ether oxygens (including phenoxy) is 1. The average molecular weight is 241 g/mol. The molecule has 2 rings (SSSR count). The summed E-state index contributed by atoms with van der Waals surface area (Å²) in [6.45, 7) is 2.29. The van der Waals surface area contributed by atoms with Gasteiger partial charge in [0, 0.05) is 5.69 Å². The fourth-order valence-corrected chi connectivity index (χ4v) is 1.58. The number of hydrogen-bond donors (Lipinski definition) is 1. The Morgan fingerprint density at radius 3 is 2.56 bits per heavy atom. The Hall–Kier alpha value is -2.29. The van der Waals surface area contributed by atoms with Gasteiger partial charge >= 0.3 is 5.97 Å². The summed E-state index contributed by atoms with van der Waals surface area (Å²) >= 11 is 0. The van der Waals surface area contributed by atoms with Crippen molar-refractivity contribution in [1.82, 2.24) is 0 Å². The third-order valence-electron chi connectivity index (χ3n) is 2.61. The second kappa shape index (κ2) is 5.36. The van der Waals surface area contributed by atoms with Crippen LogP contribution in [0.2, 0.25) is 0 Å². The van der Waals surface area contributed by atoms with E-state index in [1.165, 1.54) is 5.56 Å². The smallest absolute Gasteiger partial charge is 0.338 e. The summed E-state index contributed by atoms with van der Waals surface area (Å²) in [5, 5.41) is 0. The molecule has 0 amide bonds. The average Bonchev–Trinajstić information content (AvgIpc) is 2.38. The normalized spacial score (nSPS) is 10.1. The fourth-order valence-electron chi connectivity index (χ4n) is 1.58. The molecule has 0 bridgehead atoms. The number of carbonyl (C=O) groups excluding carboxylic acids is 1. The number of carbonyl (C=O) groups is 1. The van der Waals surface area contributed by atoms with Crippen LogP contribution in [-0.4, -0.2) is 5.97 Å². The largest absolute Gasteiger partial charge is 0.457 e. The number of rotatable bonds is 3. The third kappa shape index (κ3) is 3.10. The highest BCUT2D eigenvalue weighted by molar-refractivity contribution is 5.90. The van der Waals surface area contributed by atoms with Gasteiger partial charge in [-0.3, -0.25) is 0 Å². The lowest BCUT2D eigenvalue weighted by Crippen LogP contribution is -2.05. The van der Waals surface area contributed by atoms with E-state index in [0.717, 1.165) is 5.56 Å². The van der Waals surface area contributed by atoms with Crippen molar-refractivity contribution in [2.24, 2.45) is 0 Å². The van der Waals surface area contributed by atoms with Gasteiger partial charge in [0.1, 0.15) is 6.61 Å². The zero-order valence-electron chi connectivity index (χ0n) is 10.2. The highest BCUT2D eigenvalue weighted by Crippen LogP contribution is 2.10.